The molecule has 1 aromatic carbocycles. The van der Waals surface area contributed by atoms with E-state index in [-0.39, 0.29) is 18.2 Å². The van der Waals surface area contributed by atoms with Crippen LogP contribution < -0.4 is 10.1 Å². The number of ketones is 1. The molecular formula is C13H17NO3. The number of hydrogen-bond acceptors (Lipinski definition) is 3. The minimum absolute atomic E-state index is 0.0337. The summed E-state index contributed by atoms with van der Waals surface area (Å²) in [6, 6.07) is 6.89. The molecule has 1 amide bonds. The van der Waals surface area contributed by atoms with Gasteiger partial charge >= 0.3 is 0 Å². The van der Waals surface area contributed by atoms with E-state index in [1.165, 1.54) is 0 Å². The maximum atomic E-state index is 11.8. The molecule has 0 unspecified atom stereocenters. The van der Waals surface area contributed by atoms with Gasteiger partial charge in [-0.3, -0.25) is 9.59 Å². The quantitative estimate of drug-likeness (QED) is 0.765. The summed E-state index contributed by atoms with van der Waals surface area (Å²) < 4.78 is 5.03. The number of hydrogen-bond donors (Lipinski definition) is 1. The van der Waals surface area contributed by atoms with Crippen LogP contribution in [-0.4, -0.2) is 25.3 Å². The molecule has 1 N–H and O–H groups in total. The highest BCUT2D eigenvalue weighted by Gasteiger charge is 2.08. The van der Waals surface area contributed by atoms with Crippen molar-refractivity contribution in [3.63, 3.8) is 0 Å². The first-order chi connectivity index (χ1) is 8.17. The third-order valence-electron chi connectivity index (χ3n) is 2.31. The molecule has 17 heavy (non-hydrogen) atoms. The van der Waals surface area contributed by atoms with Gasteiger partial charge in [0.15, 0.2) is 5.78 Å². The second-order valence-corrected chi connectivity index (χ2v) is 3.68. The highest BCUT2D eigenvalue weighted by atomic mass is 16.5. The Morgan fingerprint density at radius 3 is 2.76 bits per heavy atom. The molecule has 0 radical (unpaired) electrons. The zero-order valence-corrected chi connectivity index (χ0v) is 10.2. The van der Waals surface area contributed by atoms with Gasteiger partial charge in [-0.1, -0.05) is 19.1 Å². The van der Waals surface area contributed by atoms with E-state index in [0.717, 1.165) is 6.42 Å². The van der Waals surface area contributed by atoms with Crippen molar-refractivity contribution < 1.29 is 14.3 Å². The Bertz CT molecular complexity index is 401. The van der Waals surface area contributed by atoms with Crippen molar-refractivity contribution in [2.75, 3.05) is 13.7 Å². The van der Waals surface area contributed by atoms with Gasteiger partial charge in [-0.2, -0.15) is 0 Å². The van der Waals surface area contributed by atoms with Crippen LogP contribution in [0.4, 0.5) is 0 Å². The predicted molar refractivity (Wildman–Crippen MR) is 65.2 cm³/mol. The van der Waals surface area contributed by atoms with Crippen molar-refractivity contribution in [2.45, 2.75) is 19.8 Å². The number of ether oxygens (including phenoxy) is 1. The summed E-state index contributed by atoms with van der Waals surface area (Å²) in [5.41, 5.74) is 0.543. The fourth-order valence-electron chi connectivity index (χ4n) is 1.39. The van der Waals surface area contributed by atoms with Gasteiger partial charge in [0.2, 0.25) is 5.91 Å². The Morgan fingerprint density at radius 1 is 1.35 bits per heavy atom. The lowest BCUT2D eigenvalue weighted by atomic mass is 10.1. The van der Waals surface area contributed by atoms with Crippen molar-refractivity contribution in [1.29, 1.82) is 0 Å². The monoisotopic (exact) mass is 235 g/mol. The Labute approximate surface area is 101 Å². The predicted octanol–water partition coefficient (Wildman–Crippen LogP) is 1.79. The van der Waals surface area contributed by atoms with Crippen LogP contribution >= 0.6 is 0 Å². The van der Waals surface area contributed by atoms with Gasteiger partial charge in [-0.15, -0.1) is 0 Å². The lowest BCUT2D eigenvalue weighted by Gasteiger charge is -2.05. The summed E-state index contributed by atoms with van der Waals surface area (Å²) >= 11 is 0. The van der Waals surface area contributed by atoms with E-state index in [0.29, 0.717) is 17.7 Å². The van der Waals surface area contributed by atoms with Gasteiger partial charge in [-0.25, -0.2) is 0 Å². The molecule has 0 spiro atoms. The summed E-state index contributed by atoms with van der Waals surface area (Å²) in [6.45, 7) is 1.95. The largest absolute Gasteiger partial charge is 0.497 e. The highest BCUT2D eigenvalue weighted by molar-refractivity contribution is 5.99. The number of Topliss-reactive ketones (excluding diaryl/α,β-unsaturated/α-hetero) is 1. The summed E-state index contributed by atoms with van der Waals surface area (Å²) in [5, 5.41) is 2.59. The summed E-state index contributed by atoms with van der Waals surface area (Å²) in [5.74, 6) is 0.424. The Balaban J connectivity index is 2.54. The number of amides is 1. The number of benzene rings is 1. The average molecular weight is 235 g/mol. The van der Waals surface area contributed by atoms with Crippen molar-refractivity contribution in [1.82, 2.24) is 5.32 Å². The molecule has 0 atom stereocenters. The van der Waals surface area contributed by atoms with Crippen LogP contribution in [0.3, 0.4) is 0 Å². The Kier molecular flexibility index (Phi) is 5.20. The first-order valence-corrected chi connectivity index (χ1v) is 5.61. The van der Waals surface area contributed by atoms with E-state index in [2.05, 4.69) is 5.32 Å². The van der Waals surface area contributed by atoms with Crippen LogP contribution in [0.15, 0.2) is 24.3 Å². The third-order valence-corrected chi connectivity index (χ3v) is 2.31. The molecule has 1 rings (SSSR count). The van der Waals surface area contributed by atoms with E-state index in [9.17, 15) is 9.59 Å². The maximum Gasteiger partial charge on any atom is 0.220 e. The molecule has 4 nitrogen and oxygen atoms in total. The zero-order chi connectivity index (χ0) is 12.7. The van der Waals surface area contributed by atoms with Crippen LogP contribution in [0, 0.1) is 0 Å². The molecule has 0 heterocycles. The molecule has 0 aliphatic rings. The van der Waals surface area contributed by atoms with E-state index in [1.54, 1.807) is 31.4 Å². The molecule has 0 saturated heterocycles. The van der Waals surface area contributed by atoms with E-state index >= 15 is 0 Å². The van der Waals surface area contributed by atoms with Crippen LogP contribution in [0.5, 0.6) is 5.75 Å². The fraction of sp³-hybridized carbons (Fsp3) is 0.385. The first-order valence-electron chi connectivity index (χ1n) is 5.61. The first kappa shape index (κ1) is 13.2. The van der Waals surface area contributed by atoms with Gasteiger partial charge in [0.25, 0.3) is 0 Å². The number of rotatable bonds is 6. The lowest BCUT2D eigenvalue weighted by Crippen LogP contribution is -2.29. The molecule has 0 aliphatic carbocycles. The van der Waals surface area contributed by atoms with Gasteiger partial charge in [0.05, 0.1) is 13.7 Å². The van der Waals surface area contributed by atoms with E-state index < -0.39 is 0 Å². The fourth-order valence-corrected chi connectivity index (χ4v) is 1.39. The zero-order valence-electron chi connectivity index (χ0n) is 10.2. The highest BCUT2D eigenvalue weighted by Crippen LogP contribution is 2.12. The molecule has 92 valence electrons. The minimum Gasteiger partial charge on any atom is -0.497 e. The molecule has 0 bridgehead atoms. The second-order valence-electron chi connectivity index (χ2n) is 3.68. The normalized spacial score (nSPS) is 9.76. The molecule has 0 fully saturated rings. The lowest BCUT2D eigenvalue weighted by molar-refractivity contribution is -0.120. The third kappa shape index (κ3) is 4.26. The van der Waals surface area contributed by atoms with Crippen LogP contribution in [0.1, 0.15) is 30.1 Å². The summed E-state index contributed by atoms with van der Waals surface area (Å²) in [6.07, 6.45) is 1.23. The van der Waals surface area contributed by atoms with Crippen molar-refractivity contribution in [3.05, 3.63) is 29.8 Å². The standard InChI is InChI=1S/C13H17NO3/c1-3-5-13(16)14-9-12(15)10-6-4-7-11(8-10)17-2/h4,6-8H,3,5,9H2,1-2H3,(H,14,16). The van der Waals surface area contributed by atoms with Crippen LogP contribution in [-0.2, 0) is 4.79 Å². The van der Waals surface area contributed by atoms with Crippen molar-refractivity contribution >= 4 is 11.7 Å². The molecule has 4 heteroatoms. The summed E-state index contributed by atoms with van der Waals surface area (Å²) in [7, 11) is 1.55. The Morgan fingerprint density at radius 2 is 2.12 bits per heavy atom. The number of nitrogens with one attached hydrogen (secondary N) is 1. The number of methoxy groups -OCH3 is 1. The van der Waals surface area contributed by atoms with E-state index in [1.807, 2.05) is 6.92 Å². The van der Waals surface area contributed by atoms with Gasteiger partial charge in [0.1, 0.15) is 5.75 Å². The Hall–Kier alpha value is -1.84. The van der Waals surface area contributed by atoms with Crippen molar-refractivity contribution in [2.24, 2.45) is 0 Å². The average Bonchev–Trinajstić information content (AvgIpc) is 2.36. The molecule has 0 aromatic heterocycles. The smallest absolute Gasteiger partial charge is 0.220 e. The van der Waals surface area contributed by atoms with Crippen LogP contribution in [0.2, 0.25) is 0 Å². The maximum absolute atomic E-state index is 11.8. The van der Waals surface area contributed by atoms with Gasteiger partial charge < -0.3 is 10.1 Å². The van der Waals surface area contributed by atoms with Crippen LogP contribution in [0.25, 0.3) is 0 Å². The second kappa shape index (κ2) is 6.68. The topological polar surface area (TPSA) is 55.4 Å². The van der Waals surface area contributed by atoms with Gasteiger partial charge in [-0.05, 0) is 18.6 Å². The van der Waals surface area contributed by atoms with E-state index in [4.69, 9.17) is 4.74 Å². The molecule has 1 aromatic rings. The molecule has 0 aliphatic heterocycles. The SMILES string of the molecule is CCCC(=O)NCC(=O)c1cccc(OC)c1. The number of carbonyl (C=O) groups is 2. The van der Waals surface area contributed by atoms with Gasteiger partial charge in [0, 0.05) is 12.0 Å². The number of carbonyl (C=O) groups excluding carboxylic acids is 2. The molecule has 0 saturated carbocycles. The minimum atomic E-state index is -0.117. The van der Waals surface area contributed by atoms with Crippen molar-refractivity contribution in [3.8, 4) is 5.75 Å². The summed E-state index contributed by atoms with van der Waals surface area (Å²) in [4.78, 5) is 23.0. The molecular weight excluding hydrogens is 218 g/mol.